The number of carbonyl (C=O) groups is 2. The number of aliphatic hydroxyl groups excluding tert-OH is 1. The highest BCUT2D eigenvalue weighted by Gasteiger charge is 2.34. The molecule has 2 aromatic rings. The SMILES string of the molecule is CC(C)=CCC[C@H](C)CCN1c2ccc(C(=O)CC3CCCC3)c3[nH]cc(c23)C[C@@H](CO)NC(=O)[C@@H]1C(C)C. The maximum atomic E-state index is 13.7. The van der Waals surface area contributed by atoms with Crippen LogP contribution in [0.4, 0.5) is 5.69 Å². The molecule has 1 aliphatic heterocycles. The average molecular weight is 536 g/mol. The predicted octanol–water partition coefficient (Wildman–Crippen LogP) is 6.57. The van der Waals surface area contributed by atoms with Crippen LogP contribution in [0.3, 0.4) is 0 Å². The number of hydrogen-bond donors (Lipinski definition) is 3. The lowest BCUT2D eigenvalue weighted by Gasteiger charge is -2.36. The van der Waals surface area contributed by atoms with Crippen LogP contribution in [0.15, 0.2) is 30.0 Å². The zero-order valence-corrected chi connectivity index (χ0v) is 24.7. The Morgan fingerprint density at radius 3 is 2.56 bits per heavy atom. The first-order valence-corrected chi connectivity index (χ1v) is 15.2. The number of nitrogens with one attached hydrogen (secondary N) is 2. The van der Waals surface area contributed by atoms with Crippen molar-refractivity contribution in [3.05, 3.63) is 41.1 Å². The minimum atomic E-state index is -0.369. The fourth-order valence-electron chi connectivity index (χ4n) is 6.60. The Labute approximate surface area is 234 Å². The Morgan fingerprint density at radius 1 is 1.15 bits per heavy atom. The molecule has 4 rings (SSSR count). The molecule has 3 atom stereocenters. The summed E-state index contributed by atoms with van der Waals surface area (Å²) in [6.07, 6.45) is 13.3. The van der Waals surface area contributed by atoms with E-state index in [4.69, 9.17) is 0 Å². The van der Waals surface area contributed by atoms with Gasteiger partial charge in [0.05, 0.1) is 18.2 Å². The van der Waals surface area contributed by atoms with E-state index < -0.39 is 0 Å². The zero-order valence-electron chi connectivity index (χ0n) is 24.7. The van der Waals surface area contributed by atoms with Crippen molar-refractivity contribution >= 4 is 28.3 Å². The second-order valence-corrected chi connectivity index (χ2v) is 12.7. The van der Waals surface area contributed by atoms with Gasteiger partial charge in [-0.25, -0.2) is 0 Å². The van der Waals surface area contributed by atoms with Gasteiger partial charge in [-0.2, -0.15) is 0 Å². The molecule has 3 N–H and O–H groups in total. The van der Waals surface area contributed by atoms with Gasteiger partial charge >= 0.3 is 0 Å². The smallest absolute Gasteiger partial charge is 0.243 e. The van der Waals surface area contributed by atoms with Crippen molar-refractivity contribution in [3.63, 3.8) is 0 Å². The van der Waals surface area contributed by atoms with Crippen LogP contribution in [0, 0.1) is 17.8 Å². The number of rotatable bonds is 11. The summed E-state index contributed by atoms with van der Waals surface area (Å²) >= 11 is 0. The van der Waals surface area contributed by atoms with Gasteiger partial charge in [-0.1, -0.05) is 58.1 Å². The molecule has 6 heteroatoms. The first-order valence-electron chi connectivity index (χ1n) is 15.2. The first-order chi connectivity index (χ1) is 18.7. The number of allylic oxidation sites excluding steroid dienone is 2. The number of carbonyl (C=O) groups excluding carboxylic acids is 2. The van der Waals surface area contributed by atoms with E-state index in [0.717, 1.165) is 66.4 Å². The summed E-state index contributed by atoms with van der Waals surface area (Å²) in [5, 5.41) is 14.3. The van der Waals surface area contributed by atoms with Crippen molar-refractivity contribution in [2.24, 2.45) is 17.8 Å². The zero-order chi connectivity index (χ0) is 28.1. The van der Waals surface area contributed by atoms with E-state index in [1.807, 2.05) is 12.3 Å². The summed E-state index contributed by atoms with van der Waals surface area (Å²) in [4.78, 5) is 32.9. The lowest BCUT2D eigenvalue weighted by Crippen LogP contribution is -2.53. The molecule has 0 spiro atoms. The molecule has 0 bridgehead atoms. The molecule has 1 aromatic carbocycles. The van der Waals surface area contributed by atoms with Crippen LogP contribution in [0.1, 0.15) is 102 Å². The van der Waals surface area contributed by atoms with E-state index in [1.54, 1.807) is 0 Å². The molecule has 214 valence electrons. The van der Waals surface area contributed by atoms with Gasteiger partial charge in [-0.3, -0.25) is 9.59 Å². The summed E-state index contributed by atoms with van der Waals surface area (Å²) in [5.41, 5.74) is 5.04. The summed E-state index contributed by atoms with van der Waals surface area (Å²) < 4.78 is 0. The van der Waals surface area contributed by atoms with Gasteiger partial charge in [0.1, 0.15) is 6.04 Å². The molecular formula is C33H49N3O3. The minimum Gasteiger partial charge on any atom is -0.394 e. The van der Waals surface area contributed by atoms with E-state index in [1.165, 1.54) is 18.4 Å². The van der Waals surface area contributed by atoms with Crippen LogP contribution in [0.2, 0.25) is 0 Å². The topological polar surface area (TPSA) is 85.4 Å². The summed E-state index contributed by atoms with van der Waals surface area (Å²) in [6, 6.07) is 3.33. The predicted molar refractivity (Wildman–Crippen MR) is 160 cm³/mol. The highest BCUT2D eigenvalue weighted by Crippen LogP contribution is 2.38. The Balaban J connectivity index is 1.74. The summed E-state index contributed by atoms with van der Waals surface area (Å²) in [5.74, 6) is 1.24. The van der Waals surface area contributed by atoms with Crippen LogP contribution < -0.4 is 10.2 Å². The number of aromatic amines is 1. The lowest BCUT2D eigenvalue weighted by molar-refractivity contribution is -0.124. The molecule has 1 fully saturated rings. The number of hydrogen-bond acceptors (Lipinski definition) is 4. The first kappa shape index (κ1) is 29.4. The molecule has 0 saturated heterocycles. The van der Waals surface area contributed by atoms with E-state index in [9.17, 15) is 14.7 Å². The van der Waals surface area contributed by atoms with Crippen molar-refractivity contribution in [2.45, 2.75) is 104 Å². The minimum absolute atomic E-state index is 0.0371. The van der Waals surface area contributed by atoms with Gasteiger partial charge in [0.2, 0.25) is 5.91 Å². The molecule has 1 aromatic heterocycles. The molecule has 0 unspecified atom stereocenters. The van der Waals surface area contributed by atoms with Gasteiger partial charge in [0.15, 0.2) is 5.78 Å². The number of aliphatic hydroxyl groups is 1. The Hall–Kier alpha value is -2.60. The normalized spacial score (nSPS) is 21.0. The number of anilines is 1. The van der Waals surface area contributed by atoms with Crippen LogP contribution in [-0.4, -0.2) is 47.0 Å². The van der Waals surface area contributed by atoms with Crippen LogP contribution in [0.5, 0.6) is 0 Å². The third-order valence-corrected chi connectivity index (χ3v) is 8.80. The van der Waals surface area contributed by atoms with Gasteiger partial charge in [0, 0.05) is 35.8 Å². The fourth-order valence-corrected chi connectivity index (χ4v) is 6.60. The maximum Gasteiger partial charge on any atom is 0.243 e. The van der Waals surface area contributed by atoms with Crippen molar-refractivity contribution in [1.82, 2.24) is 10.3 Å². The highest BCUT2D eigenvalue weighted by molar-refractivity contribution is 6.11. The molecule has 6 nitrogen and oxygen atoms in total. The average Bonchev–Trinajstić information content (AvgIpc) is 3.55. The van der Waals surface area contributed by atoms with E-state index in [0.29, 0.717) is 24.7 Å². The largest absolute Gasteiger partial charge is 0.394 e. The van der Waals surface area contributed by atoms with Gasteiger partial charge in [0.25, 0.3) is 0 Å². The third-order valence-electron chi connectivity index (χ3n) is 8.80. The third kappa shape index (κ3) is 6.95. The van der Waals surface area contributed by atoms with E-state index in [-0.39, 0.29) is 36.3 Å². The van der Waals surface area contributed by atoms with Crippen LogP contribution in [0.25, 0.3) is 10.9 Å². The summed E-state index contributed by atoms with van der Waals surface area (Å²) in [7, 11) is 0. The van der Waals surface area contributed by atoms with Crippen LogP contribution in [-0.2, 0) is 11.2 Å². The van der Waals surface area contributed by atoms with Gasteiger partial charge in [-0.15, -0.1) is 0 Å². The molecule has 0 radical (unpaired) electrons. The Morgan fingerprint density at radius 2 is 1.90 bits per heavy atom. The lowest BCUT2D eigenvalue weighted by atomic mass is 9.93. The molecule has 2 aliphatic rings. The second-order valence-electron chi connectivity index (χ2n) is 12.7. The van der Waals surface area contributed by atoms with Gasteiger partial charge < -0.3 is 20.3 Å². The van der Waals surface area contributed by atoms with Crippen LogP contribution >= 0.6 is 0 Å². The maximum absolute atomic E-state index is 13.7. The van der Waals surface area contributed by atoms with Crippen molar-refractivity contribution in [3.8, 4) is 0 Å². The number of Topliss-reactive ketones (excluding diaryl/α,β-unsaturated/α-hetero) is 1. The molecule has 1 saturated carbocycles. The Bertz CT molecular complexity index is 1170. The van der Waals surface area contributed by atoms with E-state index >= 15 is 0 Å². The number of H-pyrrole nitrogens is 1. The highest BCUT2D eigenvalue weighted by atomic mass is 16.3. The molecule has 39 heavy (non-hydrogen) atoms. The standard InChI is InChI=1S/C33H49N3O3/c1-21(2)9-8-10-23(5)15-16-36-28-14-13-27(29(38)17-24-11-6-7-12-24)31-30(28)25(19-34-31)18-26(20-37)35-33(39)32(36)22(3)4/h9,13-14,19,22-24,26,32,34,37H,6-8,10-12,15-18,20H2,1-5H3,(H,35,39)/t23-,26-,32-/m0/s1. The fraction of sp³-hybridized carbons (Fsp3) is 0.636. The van der Waals surface area contributed by atoms with Crippen molar-refractivity contribution in [1.29, 1.82) is 0 Å². The number of aromatic nitrogens is 1. The Kier molecular flexibility index (Phi) is 9.92. The molecular weight excluding hydrogens is 486 g/mol. The van der Waals surface area contributed by atoms with Crippen molar-refractivity contribution in [2.75, 3.05) is 18.1 Å². The quantitative estimate of drug-likeness (QED) is 0.224. The van der Waals surface area contributed by atoms with E-state index in [2.05, 4.69) is 62.0 Å². The number of nitrogens with zero attached hydrogens (tertiary/aromatic N) is 1. The number of benzene rings is 1. The molecule has 1 amide bonds. The number of ketones is 1. The van der Waals surface area contributed by atoms with Crippen molar-refractivity contribution < 1.29 is 14.7 Å². The molecule has 1 aliphatic carbocycles. The second kappa shape index (κ2) is 13.2. The monoisotopic (exact) mass is 535 g/mol. The molecule has 2 heterocycles. The van der Waals surface area contributed by atoms with Gasteiger partial charge in [-0.05, 0) is 75.0 Å². The summed E-state index contributed by atoms with van der Waals surface area (Å²) in [6.45, 7) is 11.4. The number of amides is 1.